The van der Waals surface area contributed by atoms with Crippen molar-refractivity contribution in [3.8, 4) is 0 Å². The molecule has 3 amide bonds. The maximum Gasteiger partial charge on any atom is 0.413 e. The van der Waals surface area contributed by atoms with Gasteiger partial charge in [-0.1, -0.05) is 32.3 Å². The first kappa shape index (κ1) is 31.7. The number of nitrogens with two attached hydrogens (primary N) is 1. The number of amidine groups is 1. The molecule has 12 nitrogen and oxygen atoms in total. The van der Waals surface area contributed by atoms with Crippen LogP contribution in [-0.2, 0) is 18.4 Å². The molecule has 0 spiro atoms. The minimum absolute atomic E-state index is 0.00292. The second-order valence-corrected chi connectivity index (χ2v) is 10.4. The number of carboxylic acid groups (broad SMARTS) is 1. The number of hydrogen-bond acceptors (Lipinski definition) is 7. The molecule has 230 valence electrons. The number of carbonyl (C=O) groups is 3. The fourth-order valence-corrected chi connectivity index (χ4v) is 4.83. The van der Waals surface area contributed by atoms with Gasteiger partial charge in [0.15, 0.2) is 0 Å². The van der Waals surface area contributed by atoms with Crippen molar-refractivity contribution in [2.75, 3.05) is 23.3 Å². The molecule has 0 aliphatic carbocycles. The van der Waals surface area contributed by atoms with E-state index in [0.29, 0.717) is 42.0 Å². The molecule has 44 heavy (non-hydrogen) atoms. The number of anilines is 2. The lowest BCUT2D eigenvalue weighted by Crippen LogP contribution is -2.36. The fourth-order valence-electron chi connectivity index (χ4n) is 4.83. The monoisotopic (exact) mass is 598 g/mol. The van der Waals surface area contributed by atoms with E-state index < -0.39 is 12.0 Å². The molecule has 4 aromatic rings. The van der Waals surface area contributed by atoms with Crippen LogP contribution in [0, 0.1) is 5.41 Å². The fraction of sp³-hybridized carbons (Fsp3) is 0.312. The first-order chi connectivity index (χ1) is 21.2. The molecular formula is C32H38N8O4. The average molecular weight is 599 g/mol. The number of carbonyl (C=O) groups excluding carboxylic acids is 2. The molecule has 0 aliphatic rings. The van der Waals surface area contributed by atoms with Gasteiger partial charge in [-0.3, -0.25) is 24.8 Å². The Morgan fingerprint density at radius 2 is 1.75 bits per heavy atom. The van der Waals surface area contributed by atoms with Gasteiger partial charge >= 0.3 is 6.09 Å². The van der Waals surface area contributed by atoms with Crippen molar-refractivity contribution >= 4 is 46.3 Å². The van der Waals surface area contributed by atoms with Gasteiger partial charge in [0.1, 0.15) is 17.5 Å². The molecule has 0 atom stereocenters. The number of hydrogen-bond donors (Lipinski definition) is 4. The minimum atomic E-state index is -1.13. The maximum atomic E-state index is 13.5. The first-order valence-electron chi connectivity index (χ1n) is 14.6. The number of imidazole rings is 1. The number of benzene rings is 2. The normalized spacial score (nSPS) is 10.9. The summed E-state index contributed by atoms with van der Waals surface area (Å²) in [6.07, 6.45) is 4.19. The third kappa shape index (κ3) is 7.77. The van der Waals surface area contributed by atoms with Gasteiger partial charge < -0.3 is 20.7 Å². The summed E-state index contributed by atoms with van der Waals surface area (Å²) in [4.78, 5) is 48.2. The highest BCUT2D eigenvalue weighted by molar-refractivity contribution is 6.07. The number of nitrogens with zero attached hydrogens (tertiary/aromatic N) is 5. The SMILES string of the molecule is CCCCCCN(C(=N)c1ccc(NCc2nc3cc(C(=O)N(CCC(N)=O)c4ccccn4)ccc3n2C)cc1)C(=O)O. The molecule has 0 radical (unpaired) electrons. The molecular weight excluding hydrogens is 560 g/mol. The average Bonchev–Trinajstić information content (AvgIpc) is 3.34. The van der Waals surface area contributed by atoms with E-state index in [1.807, 2.05) is 17.7 Å². The number of pyridine rings is 1. The molecule has 2 aromatic heterocycles. The van der Waals surface area contributed by atoms with Gasteiger partial charge in [-0.2, -0.15) is 0 Å². The van der Waals surface area contributed by atoms with E-state index in [-0.39, 0.29) is 24.7 Å². The van der Waals surface area contributed by atoms with Crippen LogP contribution >= 0.6 is 0 Å². The van der Waals surface area contributed by atoms with Crippen LogP contribution in [0.3, 0.4) is 0 Å². The number of aromatic nitrogens is 3. The Bertz CT molecular complexity index is 1620. The summed E-state index contributed by atoms with van der Waals surface area (Å²) >= 11 is 0. The summed E-state index contributed by atoms with van der Waals surface area (Å²) in [6.45, 7) is 2.88. The highest BCUT2D eigenvalue weighted by Gasteiger charge is 2.21. The molecule has 0 bridgehead atoms. The number of aryl methyl sites for hydroxylation is 1. The molecule has 0 aliphatic heterocycles. The quantitative estimate of drug-likeness (QED) is 0.0900. The van der Waals surface area contributed by atoms with Crippen molar-refractivity contribution in [3.05, 3.63) is 83.8 Å². The Balaban J connectivity index is 1.45. The summed E-state index contributed by atoms with van der Waals surface area (Å²) in [5, 5.41) is 21.3. The van der Waals surface area contributed by atoms with Gasteiger partial charge in [0, 0.05) is 49.6 Å². The summed E-state index contributed by atoms with van der Waals surface area (Å²) < 4.78 is 1.94. The van der Waals surface area contributed by atoms with Crippen LogP contribution in [0.4, 0.5) is 16.3 Å². The summed E-state index contributed by atoms with van der Waals surface area (Å²) in [6, 6.07) is 17.6. The number of amides is 3. The maximum absolute atomic E-state index is 13.5. The number of nitrogens with one attached hydrogen (secondary N) is 2. The van der Waals surface area contributed by atoms with E-state index in [4.69, 9.17) is 16.1 Å². The Kier molecular flexibility index (Phi) is 10.6. The molecule has 12 heteroatoms. The molecule has 0 saturated heterocycles. The lowest BCUT2D eigenvalue weighted by molar-refractivity contribution is -0.117. The van der Waals surface area contributed by atoms with Crippen LogP contribution in [0.1, 0.15) is 60.8 Å². The van der Waals surface area contributed by atoms with Crippen LogP contribution in [0.25, 0.3) is 11.0 Å². The zero-order valence-corrected chi connectivity index (χ0v) is 25.0. The largest absolute Gasteiger partial charge is 0.465 e. The first-order valence-corrected chi connectivity index (χ1v) is 14.6. The van der Waals surface area contributed by atoms with Crippen molar-refractivity contribution in [2.24, 2.45) is 12.8 Å². The molecule has 0 fully saturated rings. The Morgan fingerprint density at radius 1 is 1.00 bits per heavy atom. The van der Waals surface area contributed by atoms with Crippen molar-refractivity contribution < 1.29 is 19.5 Å². The Morgan fingerprint density at radius 3 is 2.41 bits per heavy atom. The van der Waals surface area contributed by atoms with E-state index >= 15 is 0 Å². The molecule has 2 heterocycles. The van der Waals surface area contributed by atoms with Gasteiger partial charge in [-0.25, -0.2) is 14.8 Å². The number of primary amides is 1. The second-order valence-electron chi connectivity index (χ2n) is 10.4. The van der Waals surface area contributed by atoms with E-state index in [1.54, 1.807) is 60.8 Å². The minimum Gasteiger partial charge on any atom is -0.465 e. The van der Waals surface area contributed by atoms with Gasteiger partial charge in [0.25, 0.3) is 5.91 Å². The summed E-state index contributed by atoms with van der Waals surface area (Å²) in [7, 11) is 1.90. The van der Waals surface area contributed by atoms with Crippen LogP contribution in [0.5, 0.6) is 0 Å². The number of rotatable bonds is 14. The van der Waals surface area contributed by atoms with Crippen molar-refractivity contribution in [2.45, 2.75) is 45.6 Å². The molecule has 4 rings (SSSR count). The topological polar surface area (TPSA) is 171 Å². The molecule has 2 aromatic carbocycles. The van der Waals surface area contributed by atoms with Crippen molar-refractivity contribution in [1.29, 1.82) is 5.41 Å². The van der Waals surface area contributed by atoms with Gasteiger partial charge in [-0.05, 0) is 61.0 Å². The molecule has 0 unspecified atom stereocenters. The van der Waals surface area contributed by atoms with E-state index in [0.717, 1.165) is 41.2 Å². The molecule has 0 saturated carbocycles. The third-order valence-electron chi connectivity index (χ3n) is 7.32. The standard InChI is InChI=1S/C32H38N8O4/c1-3-4-5-8-18-40(32(43)44)30(34)22-10-13-24(14-11-22)36-21-29-37-25-20-23(12-15-26(25)38(29)2)31(42)39(19-16-27(33)41)28-9-6-7-17-35-28/h6-7,9-15,17,20,34,36H,3-5,8,16,18-19,21H2,1-2H3,(H2,33,41)(H,43,44). The van der Waals surface area contributed by atoms with Crippen LogP contribution in [-0.4, -0.2) is 61.4 Å². The van der Waals surface area contributed by atoms with Gasteiger partial charge in [-0.15, -0.1) is 0 Å². The van der Waals surface area contributed by atoms with Crippen molar-refractivity contribution in [1.82, 2.24) is 19.4 Å². The van der Waals surface area contributed by atoms with E-state index in [9.17, 15) is 19.5 Å². The second kappa shape index (κ2) is 14.8. The molecule has 5 N–H and O–H groups in total. The lowest BCUT2D eigenvalue weighted by atomic mass is 10.1. The predicted molar refractivity (Wildman–Crippen MR) is 170 cm³/mol. The third-order valence-corrected chi connectivity index (χ3v) is 7.32. The number of unbranched alkanes of at least 4 members (excludes halogenated alkanes) is 3. The predicted octanol–water partition coefficient (Wildman–Crippen LogP) is 4.99. The van der Waals surface area contributed by atoms with Gasteiger partial charge in [0.05, 0.1) is 17.6 Å². The lowest BCUT2D eigenvalue weighted by Gasteiger charge is -2.21. The van der Waals surface area contributed by atoms with Crippen molar-refractivity contribution in [3.63, 3.8) is 0 Å². The highest BCUT2D eigenvalue weighted by Crippen LogP contribution is 2.21. The van der Waals surface area contributed by atoms with Gasteiger partial charge in [0.2, 0.25) is 5.91 Å². The zero-order valence-electron chi connectivity index (χ0n) is 25.0. The van der Waals surface area contributed by atoms with E-state index in [1.165, 1.54) is 4.90 Å². The van der Waals surface area contributed by atoms with Crippen LogP contribution in [0.15, 0.2) is 66.9 Å². The number of fused-ring (bicyclic) bond motifs is 1. The summed E-state index contributed by atoms with van der Waals surface area (Å²) in [5.41, 5.74) is 8.54. The Hall–Kier alpha value is -5.26. The zero-order chi connectivity index (χ0) is 31.6. The van der Waals surface area contributed by atoms with Crippen LogP contribution in [0.2, 0.25) is 0 Å². The smallest absolute Gasteiger partial charge is 0.413 e. The highest BCUT2D eigenvalue weighted by atomic mass is 16.4. The Labute approximate surface area is 256 Å². The summed E-state index contributed by atoms with van der Waals surface area (Å²) in [5.74, 6) is 0.293. The van der Waals surface area contributed by atoms with E-state index in [2.05, 4.69) is 17.2 Å². The van der Waals surface area contributed by atoms with Crippen LogP contribution < -0.4 is 16.0 Å².